The molecule has 0 amide bonds. The van der Waals surface area contributed by atoms with Crippen molar-refractivity contribution < 1.29 is 9.90 Å². The SMILES string of the molecule is Cc1nc2cc3ccccc3cc2n1CCCC(=O)O. The zero-order valence-electron chi connectivity index (χ0n) is 11.3. The first kappa shape index (κ1) is 12.7. The van der Waals surface area contributed by atoms with Gasteiger partial charge in [0.2, 0.25) is 0 Å². The molecule has 0 aliphatic carbocycles. The average Bonchev–Trinajstić information content (AvgIpc) is 2.71. The number of imidazole rings is 1. The molecule has 0 bridgehead atoms. The second-order valence-corrected chi connectivity index (χ2v) is 5.00. The van der Waals surface area contributed by atoms with Gasteiger partial charge >= 0.3 is 5.97 Å². The van der Waals surface area contributed by atoms with Crippen LogP contribution in [0.15, 0.2) is 36.4 Å². The van der Waals surface area contributed by atoms with E-state index < -0.39 is 5.97 Å². The lowest BCUT2D eigenvalue weighted by molar-refractivity contribution is -0.137. The molecule has 3 rings (SSSR count). The quantitative estimate of drug-likeness (QED) is 0.789. The highest BCUT2D eigenvalue weighted by molar-refractivity contribution is 5.95. The number of rotatable bonds is 4. The van der Waals surface area contributed by atoms with E-state index in [0.717, 1.165) is 16.9 Å². The third-order valence-corrected chi connectivity index (χ3v) is 3.58. The molecule has 0 spiro atoms. The normalized spacial score (nSPS) is 11.2. The summed E-state index contributed by atoms with van der Waals surface area (Å²) in [6, 6.07) is 12.4. The van der Waals surface area contributed by atoms with Crippen LogP contribution >= 0.6 is 0 Å². The van der Waals surface area contributed by atoms with Crippen molar-refractivity contribution in [1.29, 1.82) is 0 Å². The fourth-order valence-corrected chi connectivity index (χ4v) is 2.60. The molecule has 0 atom stereocenters. The van der Waals surface area contributed by atoms with E-state index in [1.54, 1.807) is 0 Å². The Morgan fingerprint density at radius 2 is 1.95 bits per heavy atom. The average molecular weight is 268 g/mol. The number of carboxylic acid groups (broad SMARTS) is 1. The minimum atomic E-state index is -0.752. The number of carbonyl (C=O) groups is 1. The van der Waals surface area contributed by atoms with E-state index in [1.165, 1.54) is 10.8 Å². The molecule has 4 nitrogen and oxygen atoms in total. The van der Waals surface area contributed by atoms with Gasteiger partial charge in [0.1, 0.15) is 5.82 Å². The van der Waals surface area contributed by atoms with E-state index >= 15 is 0 Å². The Morgan fingerprint density at radius 1 is 1.25 bits per heavy atom. The molecule has 0 saturated carbocycles. The van der Waals surface area contributed by atoms with Gasteiger partial charge in [0, 0.05) is 13.0 Å². The van der Waals surface area contributed by atoms with E-state index in [1.807, 2.05) is 19.1 Å². The molecule has 0 fully saturated rings. The maximum atomic E-state index is 10.6. The number of carboxylic acids is 1. The van der Waals surface area contributed by atoms with E-state index in [9.17, 15) is 4.79 Å². The van der Waals surface area contributed by atoms with Gasteiger partial charge in [-0.25, -0.2) is 4.98 Å². The van der Waals surface area contributed by atoms with Gasteiger partial charge in [-0.1, -0.05) is 24.3 Å². The van der Waals surface area contributed by atoms with Crippen LogP contribution in [0.4, 0.5) is 0 Å². The van der Waals surface area contributed by atoms with Crippen molar-refractivity contribution in [3.63, 3.8) is 0 Å². The summed E-state index contributed by atoms with van der Waals surface area (Å²) in [6.07, 6.45) is 0.807. The van der Waals surface area contributed by atoms with Crippen LogP contribution in [0.25, 0.3) is 21.8 Å². The van der Waals surface area contributed by atoms with Crippen molar-refractivity contribution in [3.05, 3.63) is 42.2 Å². The topological polar surface area (TPSA) is 55.1 Å². The van der Waals surface area contributed by atoms with Crippen LogP contribution in [-0.2, 0) is 11.3 Å². The number of aryl methyl sites for hydroxylation is 2. The third-order valence-electron chi connectivity index (χ3n) is 3.58. The van der Waals surface area contributed by atoms with Crippen LogP contribution in [0.1, 0.15) is 18.7 Å². The molecule has 20 heavy (non-hydrogen) atoms. The summed E-state index contributed by atoms with van der Waals surface area (Å²) < 4.78 is 2.10. The lowest BCUT2D eigenvalue weighted by atomic mass is 10.1. The second kappa shape index (κ2) is 4.96. The maximum Gasteiger partial charge on any atom is 0.303 e. The van der Waals surface area contributed by atoms with Crippen LogP contribution in [0.5, 0.6) is 0 Å². The highest BCUT2D eigenvalue weighted by Crippen LogP contribution is 2.23. The fraction of sp³-hybridized carbons (Fsp3) is 0.250. The van der Waals surface area contributed by atoms with Crippen molar-refractivity contribution in [2.45, 2.75) is 26.3 Å². The predicted molar refractivity (Wildman–Crippen MR) is 78.8 cm³/mol. The minimum Gasteiger partial charge on any atom is -0.481 e. The highest BCUT2D eigenvalue weighted by Gasteiger charge is 2.09. The molecule has 0 saturated heterocycles. The molecule has 0 aliphatic rings. The molecular formula is C16H16N2O2. The Kier molecular flexibility index (Phi) is 3.14. The summed E-state index contributed by atoms with van der Waals surface area (Å²) >= 11 is 0. The van der Waals surface area contributed by atoms with E-state index in [2.05, 4.69) is 33.8 Å². The Labute approximate surface area is 116 Å². The highest BCUT2D eigenvalue weighted by atomic mass is 16.4. The molecule has 102 valence electrons. The Balaban J connectivity index is 2.04. The standard InChI is InChI=1S/C16H16N2O2/c1-11-17-14-9-12-5-2-3-6-13(12)10-15(14)18(11)8-4-7-16(19)20/h2-3,5-6,9-10H,4,7-8H2,1H3,(H,19,20). The Hall–Kier alpha value is -2.36. The molecular weight excluding hydrogens is 252 g/mol. The van der Waals surface area contributed by atoms with Gasteiger partial charge in [-0.05, 0) is 36.2 Å². The number of benzene rings is 2. The first-order valence-electron chi connectivity index (χ1n) is 6.72. The predicted octanol–water partition coefficient (Wildman–Crippen LogP) is 3.36. The minimum absolute atomic E-state index is 0.187. The fourth-order valence-electron chi connectivity index (χ4n) is 2.60. The Morgan fingerprint density at radius 3 is 2.65 bits per heavy atom. The van der Waals surface area contributed by atoms with Gasteiger partial charge in [-0.15, -0.1) is 0 Å². The number of aliphatic carboxylic acids is 1. The zero-order valence-corrected chi connectivity index (χ0v) is 11.3. The number of hydrogen-bond donors (Lipinski definition) is 1. The van der Waals surface area contributed by atoms with Crippen molar-refractivity contribution in [2.24, 2.45) is 0 Å². The van der Waals surface area contributed by atoms with E-state index in [-0.39, 0.29) is 6.42 Å². The molecule has 2 aromatic carbocycles. The van der Waals surface area contributed by atoms with Crippen LogP contribution in [0.3, 0.4) is 0 Å². The molecule has 0 radical (unpaired) electrons. The summed E-state index contributed by atoms with van der Waals surface area (Å²) in [6.45, 7) is 2.65. The van der Waals surface area contributed by atoms with Crippen LogP contribution < -0.4 is 0 Å². The first-order chi connectivity index (χ1) is 9.65. The van der Waals surface area contributed by atoms with Crippen LogP contribution in [0.2, 0.25) is 0 Å². The second-order valence-electron chi connectivity index (χ2n) is 5.00. The van der Waals surface area contributed by atoms with Crippen LogP contribution in [-0.4, -0.2) is 20.6 Å². The lowest BCUT2D eigenvalue weighted by Gasteiger charge is -2.06. The van der Waals surface area contributed by atoms with Gasteiger partial charge < -0.3 is 9.67 Å². The summed E-state index contributed by atoms with van der Waals surface area (Å²) in [5.41, 5.74) is 2.04. The molecule has 0 unspecified atom stereocenters. The van der Waals surface area contributed by atoms with Crippen molar-refractivity contribution >= 4 is 27.8 Å². The molecule has 0 aliphatic heterocycles. The Bertz CT molecular complexity index is 790. The summed E-state index contributed by atoms with van der Waals surface area (Å²) in [5, 5.41) is 11.1. The first-order valence-corrected chi connectivity index (χ1v) is 6.72. The number of aromatic nitrogens is 2. The zero-order chi connectivity index (χ0) is 14.1. The smallest absolute Gasteiger partial charge is 0.303 e. The van der Waals surface area contributed by atoms with Crippen LogP contribution in [0, 0.1) is 6.92 Å². The van der Waals surface area contributed by atoms with Gasteiger partial charge in [0.15, 0.2) is 0 Å². The van der Waals surface area contributed by atoms with Gasteiger partial charge in [-0.3, -0.25) is 4.79 Å². The molecule has 1 N–H and O–H groups in total. The molecule has 1 heterocycles. The molecule has 3 aromatic rings. The molecule has 4 heteroatoms. The number of hydrogen-bond acceptors (Lipinski definition) is 2. The van der Waals surface area contributed by atoms with Gasteiger partial charge in [0.25, 0.3) is 0 Å². The largest absolute Gasteiger partial charge is 0.481 e. The van der Waals surface area contributed by atoms with E-state index in [4.69, 9.17) is 5.11 Å². The number of fused-ring (bicyclic) bond motifs is 2. The van der Waals surface area contributed by atoms with Gasteiger partial charge in [-0.2, -0.15) is 0 Å². The number of nitrogens with zero attached hydrogens (tertiary/aromatic N) is 2. The maximum absolute atomic E-state index is 10.6. The lowest BCUT2D eigenvalue weighted by Crippen LogP contribution is -2.03. The monoisotopic (exact) mass is 268 g/mol. The molecule has 1 aromatic heterocycles. The summed E-state index contributed by atoms with van der Waals surface area (Å²) in [5.74, 6) is 0.179. The summed E-state index contributed by atoms with van der Waals surface area (Å²) in [7, 11) is 0. The third kappa shape index (κ3) is 2.25. The van der Waals surface area contributed by atoms with Crippen molar-refractivity contribution in [1.82, 2.24) is 9.55 Å². The van der Waals surface area contributed by atoms with E-state index in [0.29, 0.717) is 13.0 Å². The van der Waals surface area contributed by atoms with Gasteiger partial charge in [0.05, 0.1) is 11.0 Å². The summed E-state index contributed by atoms with van der Waals surface area (Å²) in [4.78, 5) is 15.2. The van der Waals surface area contributed by atoms with Crippen molar-refractivity contribution in [2.75, 3.05) is 0 Å². The van der Waals surface area contributed by atoms with Crippen molar-refractivity contribution in [3.8, 4) is 0 Å².